The lowest BCUT2D eigenvalue weighted by Gasteiger charge is -2.13. The van der Waals surface area contributed by atoms with E-state index >= 15 is 0 Å². The molecule has 2 aromatic heterocycles. The molecule has 96 valence electrons. The third-order valence-corrected chi connectivity index (χ3v) is 4.28. The topological polar surface area (TPSA) is 37.8 Å². The van der Waals surface area contributed by atoms with Crippen molar-refractivity contribution in [1.29, 1.82) is 0 Å². The van der Waals surface area contributed by atoms with E-state index in [9.17, 15) is 0 Å². The Bertz CT molecular complexity index is 534. The molecule has 1 unspecified atom stereocenters. The second-order valence-electron chi connectivity index (χ2n) is 4.55. The zero-order valence-corrected chi connectivity index (χ0v) is 12.1. The Morgan fingerprint density at radius 2 is 2.11 bits per heavy atom. The Balaban J connectivity index is 2.03. The van der Waals surface area contributed by atoms with Crippen molar-refractivity contribution in [2.24, 2.45) is 0 Å². The largest absolute Gasteiger partial charge is 0.304 e. The van der Waals surface area contributed by atoms with Crippen molar-refractivity contribution in [1.82, 2.24) is 15.3 Å². The Morgan fingerprint density at radius 1 is 1.33 bits per heavy atom. The molecule has 0 aromatic carbocycles. The maximum atomic E-state index is 4.47. The molecular weight excluding hydrogens is 242 g/mol. The molecule has 0 amide bonds. The van der Waals surface area contributed by atoms with Gasteiger partial charge in [-0.15, -0.1) is 11.3 Å². The van der Waals surface area contributed by atoms with Crippen LogP contribution in [0.1, 0.15) is 39.8 Å². The predicted molar refractivity (Wildman–Crippen MR) is 75.8 cm³/mol. The molecule has 2 rings (SSSR count). The molecule has 0 fully saturated rings. The predicted octanol–water partition coefficient (Wildman–Crippen LogP) is 3.31. The van der Waals surface area contributed by atoms with Gasteiger partial charge in [0, 0.05) is 23.7 Å². The highest BCUT2D eigenvalue weighted by atomic mass is 32.1. The van der Waals surface area contributed by atoms with Crippen molar-refractivity contribution in [3.05, 3.63) is 45.2 Å². The lowest BCUT2D eigenvalue weighted by Crippen LogP contribution is -2.19. The van der Waals surface area contributed by atoms with Crippen LogP contribution in [0.25, 0.3) is 0 Å². The summed E-state index contributed by atoms with van der Waals surface area (Å²) in [6, 6.07) is 4.38. The van der Waals surface area contributed by atoms with Crippen LogP contribution in [0.3, 0.4) is 0 Å². The van der Waals surface area contributed by atoms with Gasteiger partial charge in [-0.2, -0.15) is 0 Å². The highest BCUT2D eigenvalue weighted by Crippen LogP contribution is 2.24. The van der Waals surface area contributed by atoms with Gasteiger partial charge >= 0.3 is 0 Å². The monoisotopic (exact) mass is 261 g/mol. The number of nitrogens with one attached hydrogen (secondary N) is 1. The second-order valence-corrected chi connectivity index (χ2v) is 5.79. The first-order valence-electron chi connectivity index (χ1n) is 6.15. The molecule has 0 spiro atoms. The molecule has 1 N–H and O–H groups in total. The number of aromatic nitrogens is 2. The van der Waals surface area contributed by atoms with Gasteiger partial charge in [0.1, 0.15) is 0 Å². The molecule has 0 aliphatic rings. The van der Waals surface area contributed by atoms with Gasteiger partial charge in [0.25, 0.3) is 0 Å². The fourth-order valence-corrected chi connectivity index (χ4v) is 2.95. The van der Waals surface area contributed by atoms with E-state index in [0.29, 0.717) is 6.04 Å². The standard InChI is InChI=1S/C14H19N3S/c1-9-6-5-7-15-13(9)8-16-10(2)14-11(3)17-12(4)18-14/h5-7,10,16H,8H2,1-4H3. The number of rotatable bonds is 4. The van der Waals surface area contributed by atoms with Crippen molar-refractivity contribution >= 4 is 11.3 Å². The van der Waals surface area contributed by atoms with Crippen LogP contribution in [0.4, 0.5) is 0 Å². The lowest BCUT2D eigenvalue weighted by atomic mass is 10.2. The summed E-state index contributed by atoms with van der Waals surface area (Å²) in [4.78, 5) is 10.2. The van der Waals surface area contributed by atoms with Crippen LogP contribution in [0.5, 0.6) is 0 Å². The van der Waals surface area contributed by atoms with E-state index < -0.39 is 0 Å². The number of thiazole rings is 1. The van der Waals surface area contributed by atoms with Crippen molar-refractivity contribution in [3.63, 3.8) is 0 Å². The SMILES string of the molecule is Cc1nc(C)c(C(C)NCc2ncccc2C)s1. The van der Waals surface area contributed by atoms with E-state index in [1.165, 1.54) is 10.4 Å². The molecular formula is C14H19N3S. The smallest absolute Gasteiger partial charge is 0.0900 e. The number of nitrogens with zero attached hydrogens (tertiary/aromatic N) is 2. The number of hydrogen-bond acceptors (Lipinski definition) is 4. The van der Waals surface area contributed by atoms with E-state index in [0.717, 1.165) is 22.9 Å². The quantitative estimate of drug-likeness (QED) is 0.917. The average molecular weight is 261 g/mol. The van der Waals surface area contributed by atoms with Crippen LogP contribution < -0.4 is 5.32 Å². The highest BCUT2D eigenvalue weighted by molar-refractivity contribution is 7.11. The summed E-state index contributed by atoms with van der Waals surface area (Å²) >= 11 is 1.77. The first kappa shape index (κ1) is 13.2. The number of hydrogen-bond donors (Lipinski definition) is 1. The average Bonchev–Trinajstić information content (AvgIpc) is 2.67. The minimum atomic E-state index is 0.317. The normalized spacial score (nSPS) is 12.7. The Morgan fingerprint density at radius 3 is 2.72 bits per heavy atom. The molecule has 18 heavy (non-hydrogen) atoms. The molecule has 0 saturated heterocycles. The second kappa shape index (κ2) is 5.59. The van der Waals surface area contributed by atoms with Crippen LogP contribution >= 0.6 is 11.3 Å². The zero-order chi connectivity index (χ0) is 13.1. The zero-order valence-electron chi connectivity index (χ0n) is 11.3. The van der Waals surface area contributed by atoms with Crippen LogP contribution in [-0.2, 0) is 6.54 Å². The number of aryl methyl sites for hydroxylation is 3. The lowest BCUT2D eigenvalue weighted by molar-refractivity contribution is 0.570. The van der Waals surface area contributed by atoms with Gasteiger partial charge in [-0.05, 0) is 39.3 Å². The molecule has 1 atom stereocenters. The van der Waals surface area contributed by atoms with Crippen molar-refractivity contribution in [3.8, 4) is 0 Å². The van der Waals surface area contributed by atoms with Crippen LogP contribution in [0.15, 0.2) is 18.3 Å². The van der Waals surface area contributed by atoms with Gasteiger partial charge in [-0.3, -0.25) is 4.98 Å². The Hall–Kier alpha value is -1.26. The van der Waals surface area contributed by atoms with E-state index in [-0.39, 0.29) is 0 Å². The van der Waals surface area contributed by atoms with Gasteiger partial charge in [0.05, 0.1) is 16.4 Å². The maximum absolute atomic E-state index is 4.47. The van der Waals surface area contributed by atoms with Gasteiger partial charge < -0.3 is 5.32 Å². The number of pyridine rings is 1. The summed E-state index contributed by atoms with van der Waals surface area (Å²) in [5, 5.41) is 4.65. The summed E-state index contributed by atoms with van der Waals surface area (Å²) in [6.07, 6.45) is 1.84. The molecule has 0 radical (unpaired) electrons. The fourth-order valence-electron chi connectivity index (χ4n) is 1.99. The third kappa shape index (κ3) is 2.94. The van der Waals surface area contributed by atoms with Crippen LogP contribution in [0, 0.1) is 20.8 Å². The van der Waals surface area contributed by atoms with Crippen molar-refractivity contribution < 1.29 is 0 Å². The van der Waals surface area contributed by atoms with Gasteiger partial charge in [-0.1, -0.05) is 6.07 Å². The molecule has 0 saturated carbocycles. The van der Waals surface area contributed by atoms with Gasteiger partial charge in [-0.25, -0.2) is 4.98 Å². The van der Waals surface area contributed by atoms with Gasteiger partial charge in [0.15, 0.2) is 0 Å². The first-order valence-corrected chi connectivity index (χ1v) is 6.97. The molecule has 3 nitrogen and oxygen atoms in total. The Kier molecular flexibility index (Phi) is 4.09. The summed E-state index contributed by atoms with van der Waals surface area (Å²) in [5.41, 5.74) is 3.48. The molecule has 2 aromatic rings. The van der Waals surface area contributed by atoms with E-state index in [4.69, 9.17) is 0 Å². The van der Waals surface area contributed by atoms with Crippen LogP contribution in [0.2, 0.25) is 0 Å². The molecule has 0 aliphatic carbocycles. The third-order valence-electron chi connectivity index (χ3n) is 3.03. The molecule has 0 aliphatic heterocycles. The first-order chi connectivity index (χ1) is 8.58. The van der Waals surface area contributed by atoms with Gasteiger partial charge in [0.2, 0.25) is 0 Å². The summed E-state index contributed by atoms with van der Waals surface area (Å²) in [5.74, 6) is 0. The highest BCUT2D eigenvalue weighted by Gasteiger charge is 2.12. The maximum Gasteiger partial charge on any atom is 0.0900 e. The molecule has 2 heterocycles. The van der Waals surface area contributed by atoms with Crippen LogP contribution in [-0.4, -0.2) is 9.97 Å². The molecule has 4 heteroatoms. The summed E-state index contributed by atoms with van der Waals surface area (Å²) in [7, 11) is 0. The minimum Gasteiger partial charge on any atom is -0.304 e. The summed E-state index contributed by atoms with van der Waals surface area (Å²) < 4.78 is 0. The van der Waals surface area contributed by atoms with E-state index in [1.54, 1.807) is 11.3 Å². The van der Waals surface area contributed by atoms with Crippen molar-refractivity contribution in [2.45, 2.75) is 40.3 Å². The van der Waals surface area contributed by atoms with E-state index in [2.05, 4.69) is 49.0 Å². The summed E-state index contributed by atoms with van der Waals surface area (Å²) in [6.45, 7) is 9.19. The van der Waals surface area contributed by atoms with E-state index in [1.807, 2.05) is 12.3 Å². The fraction of sp³-hybridized carbons (Fsp3) is 0.429. The molecule has 0 bridgehead atoms. The minimum absolute atomic E-state index is 0.317. The Labute approximate surface area is 112 Å². The van der Waals surface area contributed by atoms with Crippen molar-refractivity contribution in [2.75, 3.05) is 0 Å².